The highest BCUT2D eigenvalue weighted by molar-refractivity contribution is 9.10. The lowest BCUT2D eigenvalue weighted by atomic mass is 10.0. The topological polar surface area (TPSA) is 12.0 Å². The number of benzene rings is 1. The third-order valence-corrected chi connectivity index (χ3v) is 4.88. The van der Waals surface area contributed by atoms with Crippen LogP contribution in [0.15, 0.2) is 28.7 Å². The second-order valence-electron chi connectivity index (χ2n) is 4.32. The molecular weight excluding hydrogens is 313 g/mol. The largest absolute Gasteiger partial charge is 0.309 e. The lowest BCUT2D eigenvalue weighted by Crippen LogP contribution is -2.18. The molecule has 0 aliphatic heterocycles. The Kier molecular flexibility index (Phi) is 4.20. The van der Waals surface area contributed by atoms with Crippen molar-refractivity contribution < 1.29 is 4.39 Å². The van der Waals surface area contributed by atoms with Crippen LogP contribution >= 0.6 is 27.3 Å². The minimum absolute atomic E-state index is 0.113. The molecule has 0 fully saturated rings. The van der Waals surface area contributed by atoms with E-state index in [1.54, 1.807) is 17.4 Å². The van der Waals surface area contributed by atoms with Gasteiger partial charge in [-0.1, -0.05) is 17.7 Å². The normalized spacial score (nSPS) is 12.7. The number of hydrogen-bond acceptors (Lipinski definition) is 2. The van der Waals surface area contributed by atoms with Crippen LogP contribution in [0.4, 0.5) is 4.39 Å². The van der Waals surface area contributed by atoms with Crippen molar-refractivity contribution in [3.05, 3.63) is 55.4 Å². The molecule has 0 saturated heterocycles. The zero-order chi connectivity index (χ0) is 13.3. The van der Waals surface area contributed by atoms with Gasteiger partial charge in [-0.25, -0.2) is 4.39 Å². The van der Waals surface area contributed by atoms with E-state index in [9.17, 15) is 4.39 Å². The van der Waals surface area contributed by atoms with Gasteiger partial charge in [-0.2, -0.15) is 0 Å². The van der Waals surface area contributed by atoms with E-state index >= 15 is 0 Å². The van der Waals surface area contributed by atoms with Gasteiger partial charge in [0, 0.05) is 19.8 Å². The van der Waals surface area contributed by atoms with Gasteiger partial charge in [-0.3, -0.25) is 0 Å². The Hall–Kier alpha value is -0.710. The van der Waals surface area contributed by atoms with E-state index in [4.69, 9.17) is 0 Å². The van der Waals surface area contributed by atoms with Gasteiger partial charge in [-0.05, 0) is 49.0 Å². The molecule has 0 spiro atoms. The van der Waals surface area contributed by atoms with E-state index in [0.29, 0.717) is 5.56 Å². The van der Waals surface area contributed by atoms with Gasteiger partial charge in [0.25, 0.3) is 0 Å². The SMILES string of the molecule is CNC(c1cc(C)ccc1F)c1sc(C)cc1Br. The highest BCUT2D eigenvalue weighted by Crippen LogP contribution is 2.36. The van der Waals surface area contributed by atoms with Crippen LogP contribution in [-0.2, 0) is 0 Å². The third-order valence-electron chi connectivity index (χ3n) is 2.85. The van der Waals surface area contributed by atoms with Crippen LogP contribution in [0.3, 0.4) is 0 Å². The van der Waals surface area contributed by atoms with Gasteiger partial charge in [0.15, 0.2) is 0 Å². The van der Waals surface area contributed by atoms with Gasteiger partial charge in [0.2, 0.25) is 0 Å². The van der Waals surface area contributed by atoms with E-state index in [1.165, 1.54) is 10.9 Å². The van der Waals surface area contributed by atoms with Gasteiger partial charge in [0.1, 0.15) is 5.82 Å². The van der Waals surface area contributed by atoms with Crippen molar-refractivity contribution in [2.75, 3.05) is 7.05 Å². The Morgan fingerprint density at radius 2 is 2.00 bits per heavy atom. The van der Waals surface area contributed by atoms with Gasteiger partial charge >= 0.3 is 0 Å². The van der Waals surface area contributed by atoms with E-state index < -0.39 is 0 Å². The van der Waals surface area contributed by atoms with Crippen LogP contribution in [0.1, 0.15) is 26.9 Å². The molecule has 96 valence electrons. The van der Waals surface area contributed by atoms with Crippen molar-refractivity contribution in [3.8, 4) is 0 Å². The summed E-state index contributed by atoms with van der Waals surface area (Å²) in [7, 11) is 1.86. The predicted octanol–water partition coefficient (Wildman–Crippen LogP) is 4.58. The second kappa shape index (κ2) is 5.51. The minimum atomic E-state index is -0.169. The summed E-state index contributed by atoms with van der Waals surface area (Å²) in [4.78, 5) is 2.32. The average Bonchev–Trinajstić information content (AvgIpc) is 2.64. The minimum Gasteiger partial charge on any atom is -0.309 e. The number of rotatable bonds is 3. The summed E-state index contributed by atoms with van der Waals surface area (Å²) in [5.41, 5.74) is 1.76. The number of aryl methyl sites for hydroxylation is 2. The summed E-state index contributed by atoms with van der Waals surface area (Å²) >= 11 is 5.23. The molecule has 1 N–H and O–H groups in total. The van der Waals surface area contributed by atoms with Crippen molar-refractivity contribution in [2.24, 2.45) is 0 Å². The summed E-state index contributed by atoms with van der Waals surface area (Å²) in [5.74, 6) is -0.169. The van der Waals surface area contributed by atoms with Gasteiger partial charge in [0.05, 0.1) is 6.04 Å². The molecule has 1 aromatic carbocycles. The Labute approximate surface area is 119 Å². The Morgan fingerprint density at radius 3 is 2.56 bits per heavy atom. The Morgan fingerprint density at radius 1 is 1.28 bits per heavy atom. The summed E-state index contributed by atoms with van der Waals surface area (Å²) < 4.78 is 15.0. The van der Waals surface area contributed by atoms with Crippen LogP contribution in [0.5, 0.6) is 0 Å². The molecule has 4 heteroatoms. The van der Waals surface area contributed by atoms with Crippen LogP contribution in [0.2, 0.25) is 0 Å². The average molecular weight is 328 g/mol. The smallest absolute Gasteiger partial charge is 0.128 e. The molecule has 0 amide bonds. The molecule has 0 radical (unpaired) electrons. The van der Waals surface area contributed by atoms with Crippen molar-refractivity contribution in [3.63, 3.8) is 0 Å². The van der Waals surface area contributed by atoms with E-state index in [-0.39, 0.29) is 11.9 Å². The maximum absolute atomic E-state index is 14.0. The fourth-order valence-corrected chi connectivity index (χ4v) is 4.02. The lowest BCUT2D eigenvalue weighted by molar-refractivity contribution is 0.578. The fourth-order valence-electron chi connectivity index (χ4n) is 2.01. The fraction of sp³-hybridized carbons (Fsp3) is 0.286. The van der Waals surface area contributed by atoms with Gasteiger partial charge in [-0.15, -0.1) is 11.3 Å². The number of nitrogens with one attached hydrogen (secondary N) is 1. The van der Waals surface area contributed by atoms with Crippen LogP contribution < -0.4 is 5.32 Å². The molecule has 2 rings (SSSR count). The lowest BCUT2D eigenvalue weighted by Gasteiger charge is -2.17. The number of halogens is 2. The summed E-state index contributed by atoms with van der Waals surface area (Å²) in [6, 6.07) is 7.18. The number of thiophene rings is 1. The van der Waals surface area contributed by atoms with E-state index in [0.717, 1.165) is 14.9 Å². The van der Waals surface area contributed by atoms with Crippen molar-refractivity contribution in [1.82, 2.24) is 5.32 Å². The zero-order valence-corrected chi connectivity index (χ0v) is 13.0. The molecule has 0 aliphatic carbocycles. The molecule has 1 atom stereocenters. The third kappa shape index (κ3) is 2.66. The molecular formula is C14H15BrFNS. The van der Waals surface area contributed by atoms with Gasteiger partial charge < -0.3 is 5.32 Å². The van der Waals surface area contributed by atoms with Crippen molar-refractivity contribution >= 4 is 27.3 Å². The molecule has 1 aromatic heterocycles. The Bertz CT molecular complexity index is 565. The summed E-state index contributed by atoms with van der Waals surface area (Å²) in [6.45, 7) is 4.03. The first-order valence-electron chi connectivity index (χ1n) is 5.72. The van der Waals surface area contributed by atoms with Crippen LogP contribution in [0.25, 0.3) is 0 Å². The molecule has 18 heavy (non-hydrogen) atoms. The highest BCUT2D eigenvalue weighted by atomic mass is 79.9. The first-order chi connectivity index (χ1) is 8.52. The summed E-state index contributed by atoms with van der Waals surface area (Å²) in [6.07, 6.45) is 0. The quantitative estimate of drug-likeness (QED) is 0.870. The zero-order valence-electron chi connectivity index (χ0n) is 10.6. The molecule has 2 aromatic rings. The molecule has 1 unspecified atom stereocenters. The van der Waals surface area contributed by atoms with Crippen LogP contribution in [0, 0.1) is 19.7 Å². The molecule has 0 bridgehead atoms. The van der Waals surface area contributed by atoms with Crippen LogP contribution in [-0.4, -0.2) is 7.05 Å². The van der Waals surface area contributed by atoms with E-state index in [1.807, 2.05) is 20.0 Å². The molecule has 0 aliphatic rings. The predicted molar refractivity (Wildman–Crippen MR) is 78.8 cm³/mol. The maximum atomic E-state index is 14.0. The highest BCUT2D eigenvalue weighted by Gasteiger charge is 2.20. The van der Waals surface area contributed by atoms with Crippen molar-refractivity contribution in [1.29, 1.82) is 0 Å². The first kappa shape index (κ1) is 13.7. The number of hydrogen-bond donors (Lipinski definition) is 1. The monoisotopic (exact) mass is 327 g/mol. The molecule has 0 saturated carbocycles. The van der Waals surface area contributed by atoms with E-state index in [2.05, 4.69) is 34.2 Å². The maximum Gasteiger partial charge on any atom is 0.128 e. The molecule has 1 heterocycles. The second-order valence-corrected chi connectivity index (χ2v) is 6.46. The first-order valence-corrected chi connectivity index (χ1v) is 7.33. The van der Waals surface area contributed by atoms with Crippen molar-refractivity contribution in [2.45, 2.75) is 19.9 Å². The standard InChI is InChI=1S/C14H15BrFNS/c1-8-4-5-12(16)10(6-8)13(17-3)14-11(15)7-9(2)18-14/h4-7,13,17H,1-3H3. The summed E-state index contributed by atoms with van der Waals surface area (Å²) in [5, 5.41) is 3.20. The molecule has 1 nitrogen and oxygen atoms in total. The Balaban J connectivity index is 2.51.